The topological polar surface area (TPSA) is 120 Å². The van der Waals surface area contributed by atoms with Gasteiger partial charge in [0.1, 0.15) is 0 Å². The van der Waals surface area contributed by atoms with E-state index >= 15 is 0 Å². The number of nitrogens with zero attached hydrogens (tertiary/aromatic N) is 2. The highest BCUT2D eigenvalue weighted by Crippen LogP contribution is 2.29. The minimum absolute atomic E-state index is 0.0163. The van der Waals surface area contributed by atoms with Crippen LogP contribution < -0.4 is 19.5 Å². The fourth-order valence-electron chi connectivity index (χ4n) is 3.05. The van der Waals surface area contributed by atoms with Gasteiger partial charge in [-0.2, -0.15) is 0 Å². The number of unbranched alkanes of at least 4 members (excludes halogenated alkanes) is 2. The van der Waals surface area contributed by atoms with Crippen molar-refractivity contribution >= 4 is 33.6 Å². The van der Waals surface area contributed by atoms with Crippen molar-refractivity contribution in [2.75, 3.05) is 23.8 Å². The van der Waals surface area contributed by atoms with E-state index in [0.29, 0.717) is 23.8 Å². The molecule has 10 heteroatoms. The number of carbonyl (C=O) groups is 1. The van der Waals surface area contributed by atoms with Gasteiger partial charge in [0.05, 0.1) is 18.6 Å². The predicted octanol–water partition coefficient (Wildman–Crippen LogP) is 4.51. The van der Waals surface area contributed by atoms with Crippen LogP contribution in [0.2, 0.25) is 0 Å². The Hall–Kier alpha value is -3.92. The van der Waals surface area contributed by atoms with E-state index in [9.17, 15) is 13.2 Å². The second-order valence-corrected chi connectivity index (χ2v) is 9.17. The summed E-state index contributed by atoms with van der Waals surface area (Å²) in [6, 6.07) is 12.8. The van der Waals surface area contributed by atoms with Crippen molar-refractivity contribution in [1.82, 2.24) is 9.97 Å². The minimum Gasteiger partial charge on any atom is -0.493 e. The summed E-state index contributed by atoms with van der Waals surface area (Å²) in [5, 5.41) is 2.70. The van der Waals surface area contributed by atoms with Crippen LogP contribution in [0.4, 0.5) is 11.6 Å². The molecule has 184 valence electrons. The van der Waals surface area contributed by atoms with E-state index in [0.717, 1.165) is 24.8 Å². The molecule has 35 heavy (non-hydrogen) atoms. The number of amides is 1. The SMILES string of the molecule is CCCCCOc1ccc(/C=C/C(=O)Nc2ccc(S(=O)(=O)Nc3ncccn3)cc2)cc1OC. The van der Waals surface area contributed by atoms with E-state index in [1.165, 1.54) is 42.7 Å². The molecule has 0 aliphatic heterocycles. The number of rotatable bonds is 12. The maximum atomic E-state index is 12.4. The van der Waals surface area contributed by atoms with Gasteiger partial charge >= 0.3 is 0 Å². The van der Waals surface area contributed by atoms with Crippen LogP contribution in [0, 0.1) is 0 Å². The summed E-state index contributed by atoms with van der Waals surface area (Å²) in [6.45, 7) is 2.76. The van der Waals surface area contributed by atoms with Crippen LogP contribution in [0.25, 0.3) is 6.08 Å². The zero-order valence-electron chi connectivity index (χ0n) is 19.6. The third-order valence-corrected chi connectivity index (χ3v) is 6.19. The van der Waals surface area contributed by atoms with Crippen molar-refractivity contribution in [2.24, 2.45) is 0 Å². The van der Waals surface area contributed by atoms with Crippen molar-refractivity contribution in [3.8, 4) is 11.5 Å². The molecule has 0 fully saturated rings. The molecule has 3 rings (SSSR count). The number of sulfonamides is 1. The van der Waals surface area contributed by atoms with Gasteiger partial charge in [0, 0.05) is 24.2 Å². The second-order valence-electron chi connectivity index (χ2n) is 7.49. The molecule has 0 aliphatic carbocycles. The lowest BCUT2D eigenvalue weighted by atomic mass is 10.2. The number of methoxy groups -OCH3 is 1. The number of hydrogen-bond acceptors (Lipinski definition) is 7. The van der Waals surface area contributed by atoms with Crippen LogP contribution >= 0.6 is 0 Å². The Morgan fingerprint density at radius 2 is 1.77 bits per heavy atom. The fourth-order valence-corrected chi connectivity index (χ4v) is 4.00. The number of ether oxygens (including phenoxy) is 2. The normalized spacial score (nSPS) is 11.3. The molecule has 2 N–H and O–H groups in total. The highest BCUT2D eigenvalue weighted by Gasteiger charge is 2.15. The standard InChI is InChI=1S/C25H28N4O5S/c1-3-4-5-17-34-22-13-7-19(18-23(22)33-2)8-14-24(30)28-20-9-11-21(12-10-20)35(31,32)29-25-26-15-6-16-27-25/h6-16,18H,3-5,17H2,1-2H3,(H,28,30)(H,26,27,29)/b14-8+. The van der Waals surface area contributed by atoms with E-state index in [4.69, 9.17) is 9.47 Å². The molecule has 0 unspecified atom stereocenters. The highest BCUT2D eigenvalue weighted by atomic mass is 32.2. The van der Waals surface area contributed by atoms with Crippen LogP contribution in [0.1, 0.15) is 31.7 Å². The first-order valence-electron chi connectivity index (χ1n) is 11.1. The largest absolute Gasteiger partial charge is 0.493 e. The third kappa shape index (κ3) is 7.82. The zero-order valence-corrected chi connectivity index (χ0v) is 20.4. The molecule has 1 aromatic heterocycles. The Morgan fingerprint density at radius 3 is 2.46 bits per heavy atom. The smallest absolute Gasteiger partial charge is 0.264 e. The Balaban J connectivity index is 1.58. The Labute approximate surface area is 205 Å². The predicted molar refractivity (Wildman–Crippen MR) is 135 cm³/mol. The van der Waals surface area contributed by atoms with Crippen molar-refractivity contribution in [1.29, 1.82) is 0 Å². The van der Waals surface area contributed by atoms with Gasteiger partial charge < -0.3 is 14.8 Å². The summed E-state index contributed by atoms with van der Waals surface area (Å²) < 4.78 is 38.4. The highest BCUT2D eigenvalue weighted by molar-refractivity contribution is 7.92. The van der Waals surface area contributed by atoms with Crippen LogP contribution in [-0.2, 0) is 14.8 Å². The Bertz CT molecular complexity index is 1250. The molecule has 0 saturated heterocycles. The van der Waals surface area contributed by atoms with Crippen molar-refractivity contribution < 1.29 is 22.7 Å². The molecule has 0 atom stereocenters. The quantitative estimate of drug-likeness (QED) is 0.280. The lowest BCUT2D eigenvalue weighted by molar-refractivity contribution is -0.111. The average molecular weight is 497 g/mol. The van der Waals surface area contributed by atoms with E-state index in [1.54, 1.807) is 25.3 Å². The van der Waals surface area contributed by atoms with Gasteiger partial charge in [0.25, 0.3) is 10.0 Å². The maximum absolute atomic E-state index is 12.4. The molecular formula is C25H28N4O5S. The number of aromatic nitrogens is 2. The number of carbonyl (C=O) groups excluding carboxylic acids is 1. The molecule has 9 nitrogen and oxygen atoms in total. The lowest BCUT2D eigenvalue weighted by Crippen LogP contribution is -2.15. The van der Waals surface area contributed by atoms with Crippen LogP contribution in [0.5, 0.6) is 11.5 Å². The summed E-state index contributed by atoms with van der Waals surface area (Å²) in [5.74, 6) is 0.863. The molecular weight excluding hydrogens is 468 g/mol. The van der Waals surface area contributed by atoms with Crippen molar-refractivity contribution in [3.05, 3.63) is 72.6 Å². The summed E-state index contributed by atoms with van der Waals surface area (Å²) >= 11 is 0. The first kappa shape index (κ1) is 25.7. The zero-order chi connectivity index (χ0) is 25.1. The monoisotopic (exact) mass is 496 g/mol. The summed E-state index contributed by atoms with van der Waals surface area (Å²) in [7, 11) is -2.28. The summed E-state index contributed by atoms with van der Waals surface area (Å²) in [6.07, 6.45) is 9.11. The third-order valence-electron chi connectivity index (χ3n) is 4.84. The molecule has 0 aliphatic rings. The van der Waals surface area contributed by atoms with E-state index in [2.05, 4.69) is 26.9 Å². The molecule has 2 aromatic carbocycles. The van der Waals surface area contributed by atoms with Crippen LogP contribution in [-0.4, -0.2) is 38.0 Å². The minimum atomic E-state index is -3.85. The average Bonchev–Trinajstić information content (AvgIpc) is 2.86. The van der Waals surface area contributed by atoms with Gasteiger partial charge in [-0.05, 0) is 60.5 Å². The first-order chi connectivity index (χ1) is 16.9. The van der Waals surface area contributed by atoms with Crippen molar-refractivity contribution in [2.45, 2.75) is 31.1 Å². The number of hydrogen-bond donors (Lipinski definition) is 2. The maximum Gasteiger partial charge on any atom is 0.264 e. The molecule has 0 bridgehead atoms. The lowest BCUT2D eigenvalue weighted by Gasteiger charge is -2.11. The Kier molecular flexibility index (Phi) is 9.19. The van der Waals surface area contributed by atoms with Gasteiger partial charge in [-0.3, -0.25) is 4.79 Å². The molecule has 1 heterocycles. The fraction of sp³-hybridized carbons (Fsp3) is 0.240. The summed E-state index contributed by atoms with van der Waals surface area (Å²) in [5.41, 5.74) is 1.22. The first-order valence-corrected chi connectivity index (χ1v) is 12.6. The van der Waals surface area contributed by atoms with Gasteiger partial charge in [-0.25, -0.2) is 23.1 Å². The van der Waals surface area contributed by atoms with Gasteiger partial charge in [-0.1, -0.05) is 25.8 Å². The number of anilines is 2. The number of benzene rings is 2. The Morgan fingerprint density at radius 1 is 1.03 bits per heavy atom. The van der Waals surface area contributed by atoms with E-state index in [-0.39, 0.29) is 16.8 Å². The van der Waals surface area contributed by atoms with E-state index < -0.39 is 10.0 Å². The molecule has 0 spiro atoms. The second kappa shape index (κ2) is 12.5. The summed E-state index contributed by atoms with van der Waals surface area (Å²) in [4.78, 5) is 20.0. The van der Waals surface area contributed by atoms with Gasteiger partial charge in [0.15, 0.2) is 11.5 Å². The molecule has 0 radical (unpaired) electrons. The number of nitrogens with one attached hydrogen (secondary N) is 2. The van der Waals surface area contributed by atoms with Crippen LogP contribution in [0.3, 0.4) is 0 Å². The molecule has 1 amide bonds. The van der Waals surface area contributed by atoms with Crippen LogP contribution in [0.15, 0.2) is 71.9 Å². The van der Waals surface area contributed by atoms with Gasteiger partial charge in [0.2, 0.25) is 11.9 Å². The molecule has 0 saturated carbocycles. The van der Waals surface area contributed by atoms with Gasteiger partial charge in [-0.15, -0.1) is 0 Å². The van der Waals surface area contributed by atoms with E-state index in [1.807, 2.05) is 12.1 Å². The van der Waals surface area contributed by atoms with Crippen molar-refractivity contribution in [3.63, 3.8) is 0 Å². The molecule has 3 aromatic rings.